The number of nitrogens with one attached hydrogen (secondary N) is 1. The quantitative estimate of drug-likeness (QED) is 0.598. The fourth-order valence-electron chi connectivity index (χ4n) is 4.54. The average molecular weight is 485 g/mol. The van der Waals surface area contributed by atoms with Crippen molar-refractivity contribution in [3.05, 3.63) is 54.0 Å². The van der Waals surface area contributed by atoms with Crippen molar-refractivity contribution in [2.75, 3.05) is 36.1 Å². The molecule has 1 fully saturated rings. The van der Waals surface area contributed by atoms with Crippen LogP contribution in [0.25, 0.3) is 11.4 Å². The van der Waals surface area contributed by atoms with Gasteiger partial charge in [-0.1, -0.05) is 5.11 Å². The molecule has 1 atom stereocenters. The number of fused-ring (bicyclic) bond motifs is 1. The average Bonchev–Trinajstić information content (AvgIpc) is 3.33. The summed E-state index contributed by atoms with van der Waals surface area (Å²) in [4.78, 5) is 38.9. The van der Waals surface area contributed by atoms with Crippen LogP contribution in [0.5, 0.6) is 0 Å². The first-order chi connectivity index (χ1) is 17.6. The highest BCUT2D eigenvalue weighted by Crippen LogP contribution is 2.32. The molecule has 1 N–H and O–H groups in total. The molecule has 3 aliphatic rings. The minimum atomic E-state index is -0.521. The molecular formula is C24H24N10O2. The third-order valence-corrected chi connectivity index (χ3v) is 6.33. The Kier molecular flexibility index (Phi) is 5.77. The Morgan fingerprint density at radius 2 is 1.92 bits per heavy atom. The van der Waals surface area contributed by atoms with Crippen LogP contribution in [-0.2, 0) is 17.7 Å². The Labute approximate surface area is 207 Å². The van der Waals surface area contributed by atoms with Crippen molar-refractivity contribution in [1.29, 1.82) is 0 Å². The first-order valence-corrected chi connectivity index (χ1v) is 11.8. The normalized spacial score (nSPS) is 20.5. The zero-order valence-electron chi connectivity index (χ0n) is 19.7. The fourth-order valence-corrected chi connectivity index (χ4v) is 4.54. The Balaban J connectivity index is 1.36. The van der Waals surface area contributed by atoms with Crippen LogP contribution in [0.3, 0.4) is 0 Å². The number of morpholine rings is 1. The molecule has 0 bridgehead atoms. The van der Waals surface area contributed by atoms with E-state index in [4.69, 9.17) is 14.7 Å². The number of benzene rings is 1. The molecule has 2 amide bonds. The third-order valence-electron chi connectivity index (χ3n) is 6.33. The van der Waals surface area contributed by atoms with Crippen LogP contribution in [-0.4, -0.2) is 64.3 Å². The SMILES string of the molecule is C[C@H]1COCCN1c1nc(-c2ccc(N=C3N=NC(=O)N3)cc2)nc2c1CCN(c1ncccn1)C2. The summed E-state index contributed by atoms with van der Waals surface area (Å²) < 4.78 is 5.68. The maximum absolute atomic E-state index is 11.2. The number of anilines is 2. The lowest BCUT2D eigenvalue weighted by Gasteiger charge is -2.37. The Bertz CT molecular complexity index is 1340. The second-order valence-electron chi connectivity index (χ2n) is 8.75. The Hall–Kier alpha value is -4.32. The van der Waals surface area contributed by atoms with Gasteiger partial charge in [-0.2, -0.15) is 0 Å². The van der Waals surface area contributed by atoms with Gasteiger partial charge in [0.1, 0.15) is 5.82 Å². The Morgan fingerprint density at radius 1 is 1.08 bits per heavy atom. The summed E-state index contributed by atoms with van der Waals surface area (Å²) >= 11 is 0. The van der Waals surface area contributed by atoms with E-state index in [9.17, 15) is 4.79 Å². The minimum Gasteiger partial charge on any atom is -0.377 e. The van der Waals surface area contributed by atoms with Crippen molar-refractivity contribution in [3.63, 3.8) is 0 Å². The minimum absolute atomic E-state index is 0.171. The molecule has 12 nitrogen and oxygen atoms in total. The predicted molar refractivity (Wildman–Crippen MR) is 132 cm³/mol. The topological polar surface area (TPSA) is 133 Å². The van der Waals surface area contributed by atoms with Crippen molar-refractivity contribution in [2.24, 2.45) is 15.2 Å². The summed E-state index contributed by atoms with van der Waals surface area (Å²) in [5, 5.41) is 9.58. The van der Waals surface area contributed by atoms with Gasteiger partial charge >= 0.3 is 6.03 Å². The Morgan fingerprint density at radius 3 is 2.67 bits per heavy atom. The largest absolute Gasteiger partial charge is 0.377 e. The van der Waals surface area contributed by atoms with Crippen LogP contribution >= 0.6 is 0 Å². The van der Waals surface area contributed by atoms with E-state index in [1.807, 2.05) is 30.3 Å². The van der Waals surface area contributed by atoms with Crippen LogP contribution in [0.1, 0.15) is 18.2 Å². The second-order valence-corrected chi connectivity index (χ2v) is 8.75. The van der Waals surface area contributed by atoms with E-state index in [2.05, 4.69) is 47.2 Å². The van der Waals surface area contributed by atoms with E-state index < -0.39 is 6.03 Å². The number of hydrogen-bond donors (Lipinski definition) is 1. The number of amides is 2. The van der Waals surface area contributed by atoms with Crippen molar-refractivity contribution >= 4 is 29.4 Å². The highest BCUT2D eigenvalue weighted by molar-refractivity contribution is 6.01. The second kappa shape index (κ2) is 9.38. The van der Waals surface area contributed by atoms with Crippen LogP contribution in [0.4, 0.5) is 22.2 Å². The molecular weight excluding hydrogens is 460 g/mol. The van der Waals surface area contributed by atoms with Crippen LogP contribution in [0, 0.1) is 0 Å². The first kappa shape index (κ1) is 22.2. The number of aromatic nitrogens is 4. The molecule has 0 saturated carbocycles. The summed E-state index contributed by atoms with van der Waals surface area (Å²) in [6.07, 6.45) is 4.32. The van der Waals surface area contributed by atoms with Crippen molar-refractivity contribution in [1.82, 2.24) is 25.3 Å². The van der Waals surface area contributed by atoms with Gasteiger partial charge in [-0.3, -0.25) is 5.32 Å². The van der Waals surface area contributed by atoms with Gasteiger partial charge in [-0.15, -0.1) is 5.11 Å². The number of urea groups is 1. The summed E-state index contributed by atoms with van der Waals surface area (Å²) in [7, 11) is 0. The number of ether oxygens (including phenoxy) is 1. The van der Waals surface area contributed by atoms with Gasteiger partial charge in [0.15, 0.2) is 5.82 Å². The molecule has 12 heteroatoms. The number of aliphatic imine (C=N–C) groups is 1. The highest BCUT2D eigenvalue weighted by Gasteiger charge is 2.29. The summed E-state index contributed by atoms with van der Waals surface area (Å²) in [6, 6.07) is 9.03. The van der Waals surface area contributed by atoms with E-state index in [1.165, 1.54) is 5.56 Å². The van der Waals surface area contributed by atoms with Gasteiger partial charge in [0.05, 0.1) is 37.2 Å². The molecule has 0 radical (unpaired) electrons. The number of nitrogens with zero attached hydrogens (tertiary/aromatic N) is 9. The highest BCUT2D eigenvalue weighted by atomic mass is 16.5. The fraction of sp³-hybridized carbons (Fsp3) is 0.333. The molecule has 0 spiro atoms. The van der Waals surface area contributed by atoms with Crippen molar-refractivity contribution in [2.45, 2.75) is 25.9 Å². The smallest absolute Gasteiger partial charge is 0.366 e. The third kappa shape index (κ3) is 4.38. The number of carbonyl (C=O) groups is 1. The van der Waals surface area contributed by atoms with Crippen LogP contribution in [0.2, 0.25) is 0 Å². The lowest BCUT2D eigenvalue weighted by Crippen LogP contribution is -2.45. The molecule has 36 heavy (non-hydrogen) atoms. The van der Waals surface area contributed by atoms with E-state index in [0.29, 0.717) is 37.2 Å². The van der Waals surface area contributed by atoms with Gasteiger partial charge < -0.3 is 14.5 Å². The number of guanidine groups is 1. The summed E-state index contributed by atoms with van der Waals surface area (Å²) in [5.41, 5.74) is 3.66. The number of hydrogen-bond acceptors (Lipinski definition) is 9. The molecule has 0 unspecified atom stereocenters. The van der Waals surface area contributed by atoms with Gasteiger partial charge in [0.2, 0.25) is 5.95 Å². The monoisotopic (exact) mass is 484 g/mol. The lowest BCUT2D eigenvalue weighted by atomic mass is 10.0. The predicted octanol–water partition coefficient (Wildman–Crippen LogP) is 2.88. The van der Waals surface area contributed by atoms with Gasteiger partial charge in [-0.25, -0.2) is 29.7 Å². The maximum atomic E-state index is 11.2. The van der Waals surface area contributed by atoms with E-state index in [-0.39, 0.29) is 12.0 Å². The molecule has 3 aliphatic heterocycles. The first-order valence-electron chi connectivity index (χ1n) is 11.8. The zero-order chi connectivity index (χ0) is 24.5. The summed E-state index contributed by atoms with van der Waals surface area (Å²) in [6.45, 7) is 5.69. The van der Waals surface area contributed by atoms with Crippen molar-refractivity contribution in [3.8, 4) is 11.4 Å². The van der Waals surface area contributed by atoms with E-state index in [1.54, 1.807) is 12.4 Å². The molecule has 5 heterocycles. The van der Waals surface area contributed by atoms with E-state index in [0.717, 1.165) is 36.6 Å². The summed E-state index contributed by atoms with van der Waals surface area (Å²) in [5.74, 6) is 2.48. The zero-order valence-corrected chi connectivity index (χ0v) is 19.7. The maximum Gasteiger partial charge on any atom is 0.366 e. The molecule has 182 valence electrons. The van der Waals surface area contributed by atoms with Crippen molar-refractivity contribution < 1.29 is 9.53 Å². The number of carbonyl (C=O) groups excluding carboxylic acids is 1. The molecule has 2 aromatic heterocycles. The van der Waals surface area contributed by atoms with Gasteiger partial charge in [0, 0.05) is 36.6 Å². The van der Waals surface area contributed by atoms with Crippen LogP contribution in [0.15, 0.2) is 57.9 Å². The van der Waals surface area contributed by atoms with Crippen LogP contribution < -0.4 is 15.1 Å². The molecule has 0 aliphatic carbocycles. The molecule has 3 aromatic rings. The standard InChI is InChI=1S/C24H24N10O2/c1-15-14-36-12-11-34(15)21-18-7-10-33(23-25-8-2-9-26-23)13-19(18)28-20(29-21)16-3-5-17(6-4-16)27-22-30-24(35)32-31-22/h2-6,8-9,15H,7,10-14H2,1H3,(H,27,30,35)/t15-/m0/s1. The molecule has 6 rings (SSSR count). The lowest BCUT2D eigenvalue weighted by molar-refractivity contribution is 0.0984. The molecule has 1 saturated heterocycles. The number of rotatable bonds is 4. The van der Waals surface area contributed by atoms with Gasteiger partial charge in [-0.05, 0) is 43.7 Å². The number of azo groups is 1. The van der Waals surface area contributed by atoms with Gasteiger partial charge in [0.25, 0.3) is 5.96 Å². The van der Waals surface area contributed by atoms with E-state index >= 15 is 0 Å². The molecule has 1 aromatic carbocycles.